The highest BCUT2D eigenvalue weighted by Gasteiger charge is 2.37. The van der Waals surface area contributed by atoms with Gasteiger partial charge in [-0.25, -0.2) is 9.37 Å². The van der Waals surface area contributed by atoms with Gasteiger partial charge in [0.2, 0.25) is 0 Å². The molecule has 0 bridgehead atoms. The van der Waals surface area contributed by atoms with Gasteiger partial charge in [0.15, 0.2) is 5.54 Å². The molecule has 1 atom stereocenters. The quantitative estimate of drug-likeness (QED) is 0.350. The normalized spacial score (nSPS) is 16.5. The molecular formula is C27H20FN3O2S. The van der Waals surface area contributed by atoms with Gasteiger partial charge in [-0.1, -0.05) is 30.3 Å². The van der Waals surface area contributed by atoms with E-state index in [1.165, 1.54) is 35.6 Å². The summed E-state index contributed by atoms with van der Waals surface area (Å²) in [5.74, 6) is 0.704. The molecule has 3 aromatic carbocycles. The summed E-state index contributed by atoms with van der Waals surface area (Å²) in [5.41, 5.74) is 0.848. The first kappa shape index (κ1) is 21.7. The fourth-order valence-electron chi connectivity index (χ4n) is 3.72. The number of allylic oxidation sites excluding steroid dienone is 1. The highest BCUT2D eigenvalue weighted by molar-refractivity contribution is 7.12. The van der Waals surface area contributed by atoms with Crippen LogP contribution in [0.1, 0.15) is 25.9 Å². The van der Waals surface area contributed by atoms with Crippen molar-refractivity contribution in [2.45, 2.75) is 12.5 Å². The monoisotopic (exact) mass is 469 g/mol. The molecular weight excluding hydrogens is 449 g/mol. The van der Waals surface area contributed by atoms with Gasteiger partial charge in [-0.15, -0.1) is 11.3 Å². The number of benzene rings is 3. The van der Waals surface area contributed by atoms with E-state index in [-0.39, 0.29) is 11.7 Å². The second kappa shape index (κ2) is 9.03. The van der Waals surface area contributed by atoms with Crippen molar-refractivity contribution in [2.24, 2.45) is 4.99 Å². The van der Waals surface area contributed by atoms with Crippen LogP contribution in [0.4, 0.5) is 10.1 Å². The number of hydrogen-bond acceptors (Lipinski definition) is 5. The highest BCUT2D eigenvalue weighted by atomic mass is 32.1. The Morgan fingerprint density at radius 2 is 1.76 bits per heavy atom. The van der Waals surface area contributed by atoms with E-state index in [0.717, 1.165) is 16.2 Å². The number of nitrogens with one attached hydrogen (secondary N) is 1. The lowest BCUT2D eigenvalue weighted by molar-refractivity contribution is 0.102. The zero-order valence-electron chi connectivity index (χ0n) is 18.2. The number of halogens is 1. The summed E-state index contributed by atoms with van der Waals surface area (Å²) >= 11 is 1.42. The summed E-state index contributed by atoms with van der Waals surface area (Å²) < 4.78 is 19.2. The van der Waals surface area contributed by atoms with E-state index in [1.54, 1.807) is 6.21 Å². The summed E-state index contributed by atoms with van der Waals surface area (Å²) in [6.45, 7) is 1.85. The van der Waals surface area contributed by atoms with Gasteiger partial charge >= 0.3 is 0 Å². The number of carbonyl (C=O) groups is 1. The molecule has 1 unspecified atom stereocenters. The lowest BCUT2D eigenvalue weighted by atomic mass is 9.91. The fourth-order valence-corrected chi connectivity index (χ4v) is 4.78. The maximum absolute atomic E-state index is 13.2. The average molecular weight is 470 g/mol. The Bertz CT molecular complexity index is 1380. The number of aryl methyl sites for hydroxylation is 1. The van der Waals surface area contributed by atoms with Crippen molar-refractivity contribution < 1.29 is 13.9 Å². The lowest BCUT2D eigenvalue weighted by Gasteiger charge is -2.23. The molecule has 0 aliphatic carbocycles. The SMILES string of the molecule is Cc1sc(C2(c3cccc(Oc4ccccc4)c3)C=CC=N2)nc1C(=O)Nc1ccc(F)cc1. The molecule has 1 N–H and O–H groups in total. The van der Waals surface area contributed by atoms with Crippen LogP contribution < -0.4 is 10.1 Å². The molecule has 0 spiro atoms. The van der Waals surface area contributed by atoms with Crippen LogP contribution in [0.15, 0.2) is 96.0 Å². The van der Waals surface area contributed by atoms with Crippen molar-refractivity contribution >= 4 is 29.1 Å². The second-order valence-electron chi connectivity index (χ2n) is 7.73. The summed E-state index contributed by atoms with van der Waals surface area (Å²) in [6, 6.07) is 22.9. The predicted molar refractivity (Wildman–Crippen MR) is 133 cm³/mol. The minimum absolute atomic E-state index is 0.316. The van der Waals surface area contributed by atoms with Crippen molar-refractivity contribution in [1.29, 1.82) is 0 Å². The third-order valence-electron chi connectivity index (χ3n) is 5.39. The zero-order valence-corrected chi connectivity index (χ0v) is 19.1. The maximum Gasteiger partial charge on any atom is 0.275 e. The minimum Gasteiger partial charge on any atom is -0.457 e. The number of aliphatic imine (C=N–C) groups is 1. The third-order valence-corrected chi connectivity index (χ3v) is 6.49. The van der Waals surface area contributed by atoms with Crippen molar-refractivity contribution in [3.63, 3.8) is 0 Å². The number of rotatable bonds is 6. The minimum atomic E-state index is -0.847. The zero-order chi connectivity index (χ0) is 23.5. The summed E-state index contributed by atoms with van der Waals surface area (Å²) in [6.07, 6.45) is 5.58. The second-order valence-corrected chi connectivity index (χ2v) is 8.93. The smallest absolute Gasteiger partial charge is 0.275 e. The highest BCUT2D eigenvalue weighted by Crippen LogP contribution is 2.41. The van der Waals surface area contributed by atoms with E-state index in [0.29, 0.717) is 22.1 Å². The molecule has 34 heavy (non-hydrogen) atoms. The predicted octanol–water partition coefficient (Wildman–Crippen LogP) is 6.52. The van der Waals surface area contributed by atoms with Crippen molar-refractivity contribution in [1.82, 2.24) is 4.98 Å². The van der Waals surface area contributed by atoms with Crippen molar-refractivity contribution in [3.05, 3.63) is 118 Å². The van der Waals surface area contributed by atoms with Gasteiger partial charge in [0, 0.05) is 16.8 Å². The Balaban J connectivity index is 1.46. The maximum atomic E-state index is 13.2. The van der Waals surface area contributed by atoms with Gasteiger partial charge in [0.05, 0.1) is 0 Å². The van der Waals surface area contributed by atoms with E-state index in [9.17, 15) is 9.18 Å². The molecule has 5 nitrogen and oxygen atoms in total. The van der Waals surface area contributed by atoms with Crippen LogP contribution in [0.2, 0.25) is 0 Å². The first-order chi connectivity index (χ1) is 16.5. The van der Waals surface area contributed by atoms with E-state index in [4.69, 9.17) is 14.7 Å². The molecule has 1 aliphatic heterocycles. The van der Waals surface area contributed by atoms with Gasteiger partial charge in [0.25, 0.3) is 5.91 Å². The van der Waals surface area contributed by atoms with E-state index in [2.05, 4.69) is 5.32 Å². The molecule has 0 radical (unpaired) electrons. The number of amides is 1. The number of para-hydroxylation sites is 1. The number of nitrogens with zero attached hydrogens (tertiary/aromatic N) is 2. The Kier molecular flexibility index (Phi) is 5.77. The number of aromatic nitrogens is 1. The first-order valence-corrected chi connectivity index (χ1v) is 11.5. The van der Waals surface area contributed by atoms with Crippen LogP contribution in [0, 0.1) is 12.7 Å². The molecule has 7 heteroatoms. The number of anilines is 1. The first-order valence-electron chi connectivity index (χ1n) is 10.6. The summed E-state index contributed by atoms with van der Waals surface area (Å²) in [7, 11) is 0. The number of ether oxygens (including phenoxy) is 1. The van der Waals surface area contributed by atoms with Crippen LogP contribution in [-0.4, -0.2) is 17.1 Å². The third kappa shape index (κ3) is 4.25. The standard InChI is InChI=1S/C27H20FN3O2S/c1-18-24(25(32)30-21-13-11-20(28)12-14-21)31-26(34-18)27(15-6-16-29-27)19-7-5-10-23(17-19)33-22-8-3-2-4-9-22/h2-17H,1H3,(H,30,32). The van der Waals surface area contributed by atoms with Crippen LogP contribution in [0.3, 0.4) is 0 Å². The van der Waals surface area contributed by atoms with Gasteiger partial charge in [-0.05, 0) is 73.2 Å². The van der Waals surface area contributed by atoms with E-state index in [1.807, 2.05) is 73.7 Å². The Hall–Kier alpha value is -4.10. The Morgan fingerprint density at radius 3 is 2.50 bits per heavy atom. The van der Waals surface area contributed by atoms with Crippen LogP contribution >= 0.6 is 11.3 Å². The van der Waals surface area contributed by atoms with Crippen LogP contribution in [0.5, 0.6) is 11.5 Å². The Morgan fingerprint density at radius 1 is 1.00 bits per heavy atom. The van der Waals surface area contributed by atoms with Crippen molar-refractivity contribution in [3.8, 4) is 11.5 Å². The molecule has 0 saturated heterocycles. The molecule has 168 valence electrons. The summed E-state index contributed by atoms with van der Waals surface area (Å²) in [4.78, 5) is 23.1. The van der Waals surface area contributed by atoms with Gasteiger partial charge in [-0.2, -0.15) is 0 Å². The molecule has 0 fully saturated rings. The topological polar surface area (TPSA) is 63.6 Å². The van der Waals surface area contributed by atoms with Gasteiger partial charge in [0.1, 0.15) is 28.0 Å². The number of hydrogen-bond donors (Lipinski definition) is 1. The number of carbonyl (C=O) groups excluding carboxylic acids is 1. The van der Waals surface area contributed by atoms with Gasteiger partial charge in [-0.3, -0.25) is 9.79 Å². The fraction of sp³-hybridized carbons (Fsp3) is 0.0741. The summed E-state index contributed by atoms with van der Waals surface area (Å²) in [5, 5.41) is 3.46. The molecule has 1 aliphatic rings. The van der Waals surface area contributed by atoms with Gasteiger partial charge < -0.3 is 10.1 Å². The van der Waals surface area contributed by atoms with Crippen LogP contribution in [0.25, 0.3) is 0 Å². The molecule has 0 saturated carbocycles. The van der Waals surface area contributed by atoms with Crippen LogP contribution in [-0.2, 0) is 5.54 Å². The Labute approximate surface area is 200 Å². The van der Waals surface area contributed by atoms with E-state index >= 15 is 0 Å². The largest absolute Gasteiger partial charge is 0.457 e. The molecule has 1 aromatic heterocycles. The van der Waals surface area contributed by atoms with E-state index < -0.39 is 5.54 Å². The lowest BCUT2D eigenvalue weighted by Crippen LogP contribution is -2.21. The van der Waals surface area contributed by atoms with Crippen molar-refractivity contribution in [2.75, 3.05) is 5.32 Å². The molecule has 1 amide bonds. The average Bonchev–Trinajstić information content (AvgIpc) is 3.49. The molecule has 5 rings (SSSR count). The molecule has 4 aromatic rings. The molecule has 2 heterocycles. The number of thiazole rings is 1.